The van der Waals surface area contributed by atoms with Gasteiger partial charge in [0, 0.05) is 23.2 Å². The fourth-order valence-electron chi connectivity index (χ4n) is 3.35. The van der Waals surface area contributed by atoms with E-state index in [0.29, 0.717) is 27.8 Å². The molecule has 0 saturated carbocycles. The van der Waals surface area contributed by atoms with Crippen LogP contribution in [0.1, 0.15) is 30.9 Å². The molecule has 2 aromatic rings. The first kappa shape index (κ1) is 22.7. The highest BCUT2D eigenvalue weighted by Crippen LogP contribution is 2.41. The lowest BCUT2D eigenvalue weighted by molar-refractivity contribution is 0.437. The van der Waals surface area contributed by atoms with Crippen molar-refractivity contribution in [3.8, 4) is 17.9 Å². The highest BCUT2D eigenvalue weighted by molar-refractivity contribution is 6.31. The predicted molar refractivity (Wildman–Crippen MR) is 126 cm³/mol. The van der Waals surface area contributed by atoms with E-state index in [2.05, 4.69) is 17.8 Å². The molecule has 0 unspecified atom stereocenters. The highest BCUT2D eigenvalue weighted by Gasteiger charge is 2.26. The predicted octanol–water partition coefficient (Wildman–Crippen LogP) is 6.79. The van der Waals surface area contributed by atoms with Gasteiger partial charge in [-0.1, -0.05) is 54.8 Å². The number of ether oxygens (including phenoxy) is 1. The topological polar surface area (TPSA) is 64.4 Å². The van der Waals surface area contributed by atoms with Crippen molar-refractivity contribution in [3.63, 3.8) is 0 Å². The van der Waals surface area contributed by atoms with Crippen molar-refractivity contribution in [1.82, 2.24) is 0 Å². The number of benzene rings is 2. The van der Waals surface area contributed by atoms with Crippen LogP contribution in [0.15, 0.2) is 71.8 Å². The minimum Gasteiger partial charge on any atom is -0.439 e. The first-order chi connectivity index (χ1) is 15.5. The van der Waals surface area contributed by atoms with E-state index in [4.69, 9.17) is 22.9 Å². The molecule has 5 nitrogen and oxygen atoms in total. The number of allylic oxidation sites excluding steroid dienone is 5. The Kier molecular flexibility index (Phi) is 7.35. The second kappa shape index (κ2) is 10.4. The van der Waals surface area contributed by atoms with Gasteiger partial charge in [0.15, 0.2) is 5.75 Å². The van der Waals surface area contributed by atoms with E-state index in [-0.39, 0.29) is 11.3 Å². The van der Waals surface area contributed by atoms with Gasteiger partial charge in [0.05, 0.1) is 30.0 Å². The lowest BCUT2D eigenvalue weighted by Gasteiger charge is -2.17. The zero-order valence-electron chi connectivity index (χ0n) is 17.9. The molecule has 0 aliphatic carbocycles. The molecule has 0 aromatic heterocycles. The Morgan fingerprint density at radius 2 is 1.94 bits per heavy atom. The summed E-state index contributed by atoms with van der Waals surface area (Å²) in [6.07, 6.45) is 5.26. The van der Waals surface area contributed by atoms with Crippen LogP contribution in [0.2, 0.25) is 5.02 Å². The van der Waals surface area contributed by atoms with Crippen molar-refractivity contribution in [1.29, 1.82) is 10.5 Å². The molecule has 0 atom stereocenters. The van der Waals surface area contributed by atoms with Gasteiger partial charge in [0.1, 0.15) is 0 Å². The Morgan fingerprint density at radius 3 is 2.56 bits per heavy atom. The van der Waals surface area contributed by atoms with Crippen molar-refractivity contribution < 1.29 is 4.74 Å². The van der Waals surface area contributed by atoms with Crippen molar-refractivity contribution in [2.75, 3.05) is 11.4 Å². The number of hydrogen-bond acceptors (Lipinski definition) is 4. The van der Waals surface area contributed by atoms with Crippen LogP contribution < -0.4 is 9.64 Å². The smallest absolute Gasteiger partial charge is 0.270 e. The van der Waals surface area contributed by atoms with Crippen molar-refractivity contribution >= 4 is 22.9 Å². The molecule has 32 heavy (non-hydrogen) atoms. The average Bonchev–Trinajstić information content (AvgIpc) is 3.14. The summed E-state index contributed by atoms with van der Waals surface area (Å²) in [6, 6.07) is 16.9. The summed E-state index contributed by atoms with van der Waals surface area (Å²) in [4.78, 5) is 5.37. The van der Waals surface area contributed by atoms with Crippen molar-refractivity contribution in [2.45, 2.75) is 26.7 Å². The largest absolute Gasteiger partial charge is 0.439 e. The standard InChI is InChI=1S/C26H21ClN4O/c1-4-5-14-31-23-15-21(27)11-12-24(23)32-25(31)13-10-20(16-28)26(22(17-29)30-3)19-8-6-18(2)7-9-19/h6-13,15H,4-5,14H2,1-2H3/b20-10+,25-13-,26-22+. The van der Waals surface area contributed by atoms with Crippen LogP contribution in [-0.4, -0.2) is 6.54 Å². The normalized spacial score (nSPS) is 14.7. The first-order valence-electron chi connectivity index (χ1n) is 10.2. The molecule has 0 N–H and O–H groups in total. The number of fused-ring (bicyclic) bond motifs is 1. The van der Waals surface area contributed by atoms with Crippen LogP contribution in [0.25, 0.3) is 10.4 Å². The van der Waals surface area contributed by atoms with Crippen LogP contribution in [0.3, 0.4) is 0 Å². The SMILES string of the molecule is [C-]#[N+]/C(C#N)=C(/C(C#N)=C/C=C1\Oc2ccc(Cl)cc2N1CCCC)c1ccc(C)cc1. The number of aryl methyl sites for hydroxylation is 1. The summed E-state index contributed by atoms with van der Waals surface area (Å²) in [7, 11) is 0. The fraction of sp³-hybridized carbons (Fsp3) is 0.192. The second-order valence-corrected chi connectivity index (χ2v) is 7.67. The molecule has 0 amide bonds. The average molecular weight is 441 g/mol. The molecule has 2 aromatic carbocycles. The van der Waals surface area contributed by atoms with Gasteiger partial charge in [-0.15, -0.1) is 0 Å². The quantitative estimate of drug-likeness (QED) is 0.281. The molecular formula is C26H21ClN4O. The number of nitriles is 2. The van der Waals surface area contributed by atoms with Crippen LogP contribution in [0, 0.1) is 36.2 Å². The van der Waals surface area contributed by atoms with E-state index in [0.717, 1.165) is 30.6 Å². The Labute approximate surface area is 193 Å². The minimum atomic E-state index is -0.134. The summed E-state index contributed by atoms with van der Waals surface area (Å²) < 4.78 is 6.01. The molecule has 1 heterocycles. The van der Waals surface area contributed by atoms with E-state index in [1.54, 1.807) is 18.2 Å². The zero-order valence-corrected chi connectivity index (χ0v) is 18.6. The maximum absolute atomic E-state index is 9.88. The van der Waals surface area contributed by atoms with Crippen LogP contribution in [-0.2, 0) is 0 Å². The summed E-state index contributed by atoms with van der Waals surface area (Å²) in [6.45, 7) is 12.2. The number of halogens is 1. The molecular weight excluding hydrogens is 420 g/mol. The third kappa shape index (κ3) is 4.84. The van der Waals surface area contributed by atoms with Gasteiger partial charge in [0.2, 0.25) is 5.88 Å². The van der Waals surface area contributed by atoms with E-state index in [9.17, 15) is 10.5 Å². The van der Waals surface area contributed by atoms with Gasteiger partial charge < -0.3 is 9.64 Å². The Bertz CT molecular complexity index is 1220. The molecule has 0 radical (unpaired) electrons. The van der Waals surface area contributed by atoms with Gasteiger partial charge in [0.25, 0.3) is 5.70 Å². The molecule has 158 valence electrons. The molecule has 1 aliphatic rings. The lowest BCUT2D eigenvalue weighted by atomic mass is 9.95. The fourth-order valence-corrected chi connectivity index (χ4v) is 3.52. The summed E-state index contributed by atoms with van der Waals surface area (Å²) in [5.41, 5.74) is 2.94. The van der Waals surface area contributed by atoms with Crippen molar-refractivity contribution in [2.24, 2.45) is 0 Å². The van der Waals surface area contributed by atoms with E-state index in [1.807, 2.05) is 54.3 Å². The Hall–Kier alpha value is -3.98. The maximum Gasteiger partial charge on any atom is 0.270 e. The van der Waals surface area contributed by atoms with Gasteiger partial charge in [-0.2, -0.15) is 5.26 Å². The zero-order chi connectivity index (χ0) is 23.1. The molecule has 0 saturated heterocycles. The van der Waals surface area contributed by atoms with Gasteiger partial charge in [-0.05, 0) is 43.2 Å². The highest BCUT2D eigenvalue weighted by atomic mass is 35.5. The monoisotopic (exact) mass is 440 g/mol. The van der Waals surface area contributed by atoms with Crippen LogP contribution in [0.5, 0.6) is 5.75 Å². The second-order valence-electron chi connectivity index (χ2n) is 7.23. The first-order valence-corrected chi connectivity index (χ1v) is 10.6. The molecule has 0 fully saturated rings. The molecule has 0 spiro atoms. The third-order valence-electron chi connectivity index (χ3n) is 5.00. The van der Waals surface area contributed by atoms with Gasteiger partial charge in [-0.3, -0.25) is 0 Å². The minimum absolute atomic E-state index is 0.134. The Balaban J connectivity index is 2.08. The number of hydrogen-bond donors (Lipinski definition) is 0. The third-order valence-corrected chi connectivity index (χ3v) is 5.24. The molecule has 1 aliphatic heterocycles. The van der Waals surface area contributed by atoms with Gasteiger partial charge in [-0.25, -0.2) is 10.1 Å². The summed E-state index contributed by atoms with van der Waals surface area (Å²) >= 11 is 6.19. The van der Waals surface area contributed by atoms with Crippen molar-refractivity contribution in [3.05, 3.63) is 99.3 Å². The number of nitrogens with zero attached hydrogens (tertiary/aromatic N) is 4. The molecule has 0 bridgehead atoms. The Morgan fingerprint density at radius 1 is 1.19 bits per heavy atom. The number of rotatable bonds is 6. The van der Waals surface area contributed by atoms with Gasteiger partial charge >= 0.3 is 0 Å². The number of unbranched alkanes of at least 4 members (excludes halogenated alkanes) is 1. The van der Waals surface area contributed by atoms with E-state index < -0.39 is 0 Å². The lowest BCUT2D eigenvalue weighted by Crippen LogP contribution is -2.21. The molecule has 3 rings (SSSR count). The van der Waals surface area contributed by atoms with E-state index >= 15 is 0 Å². The maximum atomic E-state index is 9.88. The molecule has 6 heteroatoms. The summed E-state index contributed by atoms with van der Waals surface area (Å²) in [5, 5.41) is 20.0. The number of anilines is 1. The van der Waals surface area contributed by atoms with Crippen LogP contribution in [0.4, 0.5) is 5.69 Å². The van der Waals surface area contributed by atoms with E-state index in [1.165, 1.54) is 0 Å². The summed E-state index contributed by atoms with van der Waals surface area (Å²) in [5.74, 6) is 1.25. The van der Waals surface area contributed by atoms with Crippen LogP contribution >= 0.6 is 11.6 Å².